The molecular weight excluding hydrogens is 160 g/mol. The monoisotopic (exact) mass is 164 g/mol. The molecule has 0 aromatic heterocycles. The highest BCUT2D eigenvalue weighted by Crippen LogP contribution is 2.01. The highest BCUT2D eigenvalue weighted by atomic mass is 15.5. The van der Waals surface area contributed by atoms with E-state index in [1.807, 2.05) is 0 Å². The van der Waals surface area contributed by atoms with Crippen LogP contribution in [-0.2, 0) is 0 Å². The lowest BCUT2D eigenvalue weighted by Crippen LogP contribution is -2.20. The predicted molar refractivity (Wildman–Crippen MR) is 41.6 cm³/mol. The molecule has 60 valence electrons. The van der Waals surface area contributed by atoms with Crippen LogP contribution in [0.15, 0.2) is 27.7 Å². The molecule has 0 spiro atoms. The van der Waals surface area contributed by atoms with Gasteiger partial charge in [0.1, 0.15) is 18.6 Å². The van der Waals surface area contributed by atoms with Crippen LogP contribution in [-0.4, -0.2) is 17.4 Å². The van der Waals surface area contributed by atoms with Crippen LogP contribution < -0.4 is 0 Å². The average molecular weight is 164 g/mol. The van der Waals surface area contributed by atoms with Crippen molar-refractivity contribution in [2.24, 2.45) is 15.3 Å². The molecule has 0 saturated carbocycles. The molecule has 0 amide bonds. The molecule has 0 unspecified atom stereocenters. The van der Waals surface area contributed by atoms with Gasteiger partial charge in [-0.05, 0) is 15.9 Å². The van der Waals surface area contributed by atoms with Gasteiger partial charge in [-0.1, -0.05) is 0 Å². The second kappa shape index (κ2) is 3.87. The molecule has 12 heavy (non-hydrogen) atoms. The van der Waals surface area contributed by atoms with Crippen LogP contribution in [0, 0.1) is 0 Å². The SMILES string of the molecule is [N-]=[N+]=NC1=NC=CN(N=[N+]=[N-])C1. The molecule has 0 aromatic rings. The van der Waals surface area contributed by atoms with Gasteiger partial charge in [0.2, 0.25) is 0 Å². The standard InChI is InChI=1S/C4H4N8/c5-9-8-4-3-12(11-10-6)2-1-7-4/h1-2H,3H2. The number of hydrogen-bond acceptors (Lipinski definition) is 3. The van der Waals surface area contributed by atoms with Crippen LogP contribution in [0.25, 0.3) is 20.9 Å². The Balaban J connectivity index is 2.73. The fraction of sp³-hybridized carbons (Fsp3) is 0.250. The molecule has 0 radical (unpaired) electrons. The fourth-order valence-electron chi connectivity index (χ4n) is 0.657. The quantitative estimate of drug-likeness (QED) is 0.327. The summed E-state index contributed by atoms with van der Waals surface area (Å²) in [6.07, 6.45) is 2.87. The smallest absolute Gasteiger partial charge is 0.145 e. The molecule has 8 nitrogen and oxygen atoms in total. The Morgan fingerprint density at radius 3 is 3.00 bits per heavy atom. The van der Waals surface area contributed by atoms with Gasteiger partial charge < -0.3 is 0 Å². The summed E-state index contributed by atoms with van der Waals surface area (Å²) in [7, 11) is 0. The molecule has 0 aliphatic carbocycles. The molecule has 0 aromatic carbocycles. The van der Waals surface area contributed by atoms with Crippen molar-refractivity contribution in [1.29, 1.82) is 0 Å². The zero-order valence-corrected chi connectivity index (χ0v) is 5.94. The minimum absolute atomic E-state index is 0.199. The van der Waals surface area contributed by atoms with Gasteiger partial charge in [0, 0.05) is 4.91 Å². The number of aliphatic imine (C=N–C) groups is 1. The Morgan fingerprint density at radius 1 is 1.50 bits per heavy atom. The van der Waals surface area contributed by atoms with E-state index >= 15 is 0 Å². The van der Waals surface area contributed by atoms with Crippen molar-refractivity contribution in [2.75, 3.05) is 6.54 Å². The van der Waals surface area contributed by atoms with Crippen molar-refractivity contribution < 1.29 is 0 Å². The Bertz CT molecular complexity index is 314. The maximum absolute atomic E-state index is 8.07. The van der Waals surface area contributed by atoms with E-state index in [1.54, 1.807) is 0 Å². The highest BCUT2D eigenvalue weighted by molar-refractivity contribution is 5.86. The molecule has 1 rings (SSSR count). The van der Waals surface area contributed by atoms with E-state index < -0.39 is 0 Å². The van der Waals surface area contributed by atoms with Gasteiger partial charge in [-0.25, -0.2) is 5.01 Å². The van der Waals surface area contributed by atoms with Crippen molar-refractivity contribution in [2.45, 2.75) is 0 Å². The number of nitrogens with zero attached hydrogens (tertiary/aromatic N) is 8. The van der Waals surface area contributed by atoms with Crippen molar-refractivity contribution in [1.82, 2.24) is 5.01 Å². The second-order valence-electron chi connectivity index (χ2n) is 1.81. The Hall–Kier alpha value is -2.17. The number of hydrogen-bond donors (Lipinski definition) is 0. The first kappa shape index (κ1) is 7.93. The molecular formula is C4H4N8. The van der Waals surface area contributed by atoms with Crippen molar-refractivity contribution in [3.8, 4) is 0 Å². The molecule has 0 bridgehead atoms. The zero-order chi connectivity index (χ0) is 8.81. The average Bonchev–Trinajstić information content (AvgIpc) is 2.06. The molecule has 1 aliphatic rings. The lowest BCUT2D eigenvalue weighted by Gasteiger charge is -2.09. The molecule has 0 fully saturated rings. The van der Waals surface area contributed by atoms with Gasteiger partial charge >= 0.3 is 0 Å². The summed E-state index contributed by atoms with van der Waals surface area (Å²) in [6, 6.07) is 0. The second-order valence-corrected chi connectivity index (χ2v) is 1.81. The third kappa shape index (κ3) is 1.91. The largest absolute Gasteiger partial charge is 0.251 e. The lowest BCUT2D eigenvalue weighted by molar-refractivity contribution is 0.440. The van der Waals surface area contributed by atoms with Crippen molar-refractivity contribution >= 4 is 5.84 Å². The summed E-state index contributed by atoms with van der Waals surface area (Å²) in [6.45, 7) is 0.199. The van der Waals surface area contributed by atoms with E-state index in [0.29, 0.717) is 0 Å². The Labute approximate surface area is 67.0 Å². The van der Waals surface area contributed by atoms with Gasteiger partial charge in [0.05, 0.1) is 6.20 Å². The zero-order valence-electron chi connectivity index (χ0n) is 5.94. The highest BCUT2D eigenvalue weighted by Gasteiger charge is 2.08. The van der Waals surface area contributed by atoms with E-state index in [-0.39, 0.29) is 12.4 Å². The first-order chi connectivity index (χ1) is 5.86. The van der Waals surface area contributed by atoms with Crippen LogP contribution in [0.5, 0.6) is 0 Å². The lowest BCUT2D eigenvalue weighted by atomic mass is 10.5. The third-order valence-corrected chi connectivity index (χ3v) is 1.08. The van der Waals surface area contributed by atoms with Gasteiger partial charge in [0.15, 0.2) is 0 Å². The van der Waals surface area contributed by atoms with E-state index in [9.17, 15) is 0 Å². The minimum Gasteiger partial charge on any atom is -0.251 e. The fourth-order valence-corrected chi connectivity index (χ4v) is 0.657. The molecule has 0 N–H and O–H groups in total. The first-order valence-electron chi connectivity index (χ1n) is 2.97. The maximum atomic E-state index is 8.07. The number of rotatable bonds is 1. The van der Waals surface area contributed by atoms with Crippen molar-refractivity contribution in [3.63, 3.8) is 0 Å². The first-order valence-corrected chi connectivity index (χ1v) is 2.97. The topological polar surface area (TPSA) is 113 Å². The van der Waals surface area contributed by atoms with E-state index in [0.717, 1.165) is 0 Å². The van der Waals surface area contributed by atoms with E-state index in [2.05, 4.69) is 25.2 Å². The summed E-state index contributed by atoms with van der Waals surface area (Å²) < 4.78 is 0. The number of amidine groups is 1. The minimum atomic E-state index is 0.199. The van der Waals surface area contributed by atoms with Crippen LogP contribution in [0.4, 0.5) is 0 Å². The van der Waals surface area contributed by atoms with Gasteiger partial charge in [0.25, 0.3) is 0 Å². The van der Waals surface area contributed by atoms with Gasteiger partial charge in [-0.15, -0.1) is 5.53 Å². The Morgan fingerprint density at radius 2 is 2.33 bits per heavy atom. The van der Waals surface area contributed by atoms with E-state index in [4.69, 9.17) is 11.1 Å². The molecule has 8 heteroatoms. The van der Waals surface area contributed by atoms with Gasteiger partial charge in [-0.2, -0.15) is 4.91 Å². The van der Waals surface area contributed by atoms with E-state index in [1.165, 1.54) is 17.4 Å². The van der Waals surface area contributed by atoms with Gasteiger partial charge in [-0.3, -0.25) is 4.99 Å². The summed E-state index contributed by atoms with van der Waals surface area (Å²) in [5, 5.41) is 7.82. The summed E-state index contributed by atoms with van der Waals surface area (Å²) in [5.74, 6) is 0.271. The van der Waals surface area contributed by atoms with Crippen LogP contribution in [0.3, 0.4) is 0 Å². The van der Waals surface area contributed by atoms with Crippen LogP contribution >= 0.6 is 0 Å². The maximum Gasteiger partial charge on any atom is 0.145 e. The molecule has 1 aliphatic heterocycles. The predicted octanol–water partition coefficient (Wildman–Crippen LogP) is 1.71. The summed E-state index contributed by atoms with van der Waals surface area (Å²) in [5.41, 5.74) is 16.1. The summed E-state index contributed by atoms with van der Waals surface area (Å²) >= 11 is 0. The number of azide groups is 2. The molecule has 1 heterocycles. The van der Waals surface area contributed by atoms with Crippen LogP contribution in [0.1, 0.15) is 0 Å². The van der Waals surface area contributed by atoms with Crippen molar-refractivity contribution in [3.05, 3.63) is 33.3 Å². The molecule has 0 atom stereocenters. The summed E-state index contributed by atoms with van der Waals surface area (Å²) in [4.78, 5) is 8.86. The van der Waals surface area contributed by atoms with Crippen LogP contribution in [0.2, 0.25) is 0 Å². The normalized spacial score (nSPS) is 14.3. The molecule has 0 saturated heterocycles. The third-order valence-electron chi connectivity index (χ3n) is 1.08. The Kier molecular flexibility index (Phi) is 2.56.